The highest BCUT2D eigenvalue weighted by molar-refractivity contribution is 5.82. The maximum absolute atomic E-state index is 12.6. The van der Waals surface area contributed by atoms with E-state index in [4.69, 9.17) is 4.74 Å². The van der Waals surface area contributed by atoms with Gasteiger partial charge in [-0.15, -0.1) is 0 Å². The molecular formula is C15H26N2O2. The number of amides is 1. The van der Waals surface area contributed by atoms with Crippen molar-refractivity contribution >= 4 is 5.91 Å². The fourth-order valence-corrected chi connectivity index (χ4v) is 3.95. The second-order valence-corrected chi connectivity index (χ2v) is 6.59. The summed E-state index contributed by atoms with van der Waals surface area (Å²) in [5, 5.41) is 3.40. The van der Waals surface area contributed by atoms with Gasteiger partial charge in [0.05, 0.1) is 0 Å². The lowest BCUT2D eigenvalue weighted by Gasteiger charge is -2.33. The summed E-state index contributed by atoms with van der Waals surface area (Å²) < 4.78 is 5.22. The molecule has 1 saturated carbocycles. The van der Waals surface area contributed by atoms with Gasteiger partial charge in [-0.1, -0.05) is 0 Å². The average Bonchev–Trinajstić information content (AvgIpc) is 3.13. The van der Waals surface area contributed by atoms with Crippen LogP contribution in [0.2, 0.25) is 0 Å². The highest BCUT2D eigenvalue weighted by Crippen LogP contribution is 2.59. The summed E-state index contributed by atoms with van der Waals surface area (Å²) in [7, 11) is 1.77. The standard InChI is InChI=1S/C15H26N2O2/c1-19-11-12-2-8-17(9-3-12)14(18)13-10-15(13)4-6-16-7-5-15/h12-13,16H,2-11H2,1H3. The Morgan fingerprint density at radius 1 is 1.32 bits per heavy atom. The van der Waals surface area contributed by atoms with Gasteiger partial charge in [0, 0.05) is 32.7 Å². The smallest absolute Gasteiger partial charge is 0.226 e. The van der Waals surface area contributed by atoms with Gasteiger partial charge in [0.2, 0.25) is 5.91 Å². The lowest BCUT2D eigenvalue weighted by atomic mass is 9.91. The molecule has 0 bridgehead atoms. The van der Waals surface area contributed by atoms with Crippen LogP contribution in [0.15, 0.2) is 0 Å². The van der Waals surface area contributed by atoms with E-state index < -0.39 is 0 Å². The molecule has 4 nitrogen and oxygen atoms in total. The molecule has 0 radical (unpaired) electrons. The van der Waals surface area contributed by atoms with E-state index in [1.807, 2.05) is 0 Å². The summed E-state index contributed by atoms with van der Waals surface area (Å²) in [6.07, 6.45) is 5.76. The van der Waals surface area contributed by atoms with Crippen LogP contribution in [0.3, 0.4) is 0 Å². The van der Waals surface area contributed by atoms with Crippen molar-refractivity contribution in [1.82, 2.24) is 10.2 Å². The van der Waals surface area contributed by atoms with Gasteiger partial charge in [0.1, 0.15) is 0 Å². The minimum Gasteiger partial charge on any atom is -0.384 e. The number of nitrogens with zero attached hydrogens (tertiary/aromatic N) is 1. The van der Waals surface area contributed by atoms with Crippen LogP contribution < -0.4 is 5.32 Å². The van der Waals surface area contributed by atoms with Crippen LogP contribution in [0.4, 0.5) is 0 Å². The molecular weight excluding hydrogens is 240 g/mol. The molecule has 2 aliphatic heterocycles. The Bertz CT molecular complexity index is 331. The molecule has 0 aromatic carbocycles. The van der Waals surface area contributed by atoms with E-state index in [9.17, 15) is 4.79 Å². The Morgan fingerprint density at radius 3 is 2.63 bits per heavy atom. The number of carbonyl (C=O) groups excluding carboxylic acids is 1. The van der Waals surface area contributed by atoms with E-state index in [-0.39, 0.29) is 0 Å². The molecule has 3 aliphatic rings. The summed E-state index contributed by atoms with van der Waals surface area (Å²) in [5.41, 5.74) is 0.381. The fourth-order valence-electron chi connectivity index (χ4n) is 3.95. The van der Waals surface area contributed by atoms with Gasteiger partial charge in [-0.25, -0.2) is 0 Å². The van der Waals surface area contributed by atoms with Crippen molar-refractivity contribution in [2.45, 2.75) is 32.1 Å². The molecule has 1 amide bonds. The van der Waals surface area contributed by atoms with E-state index in [0.29, 0.717) is 23.2 Å². The molecule has 1 aliphatic carbocycles. The third-order valence-corrected chi connectivity index (χ3v) is 5.42. The van der Waals surface area contributed by atoms with Gasteiger partial charge in [0.15, 0.2) is 0 Å². The van der Waals surface area contributed by atoms with Crippen molar-refractivity contribution in [2.75, 3.05) is 39.9 Å². The third-order valence-electron chi connectivity index (χ3n) is 5.42. The number of methoxy groups -OCH3 is 1. The average molecular weight is 266 g/mol. The Morgan fingerprint density at radius 2 is 2.00 bits per heavy atom. The van der Waals surface area contributed by atoms with Crippen LogP contribution in [-0.2, 0) is 9.53 Å². The lowest BCUT2D eigenvalue weighted by Crippen LogP contribution is -2.41. The number of carbonyl (C=O) groups is 1. The van der Waals surface area contributed by atoms with E-state index >= 15 is 0 Å². The van der Waals surface area contributed by atoms with Gasteiger partial charge >= 0.3 is 0 Å². The molecule has 1 spiro atoms. The van der Waals surface area contributed by atoms with Crippen molar-refractivity contribution in [1.29, 1.82) is 0 Å². The SMILES string of the molecule is COCC1CCN(C(=O)C2CC23CCNCC3)CC1. The van der Waals surface area contributed by atoms with Gasteiger partial charge in [0.25, 0.3) is 0 Å². The van der Waals surface area contributed by atoms with Crippen molar-refractivity contribution in [2.24, 2.45) is 17.3 Å². The van der Waals surface area contributed by atoms with Crippen LogP contribution in [0.5, 0.6) is 0 Å². The maximum atomic E-state index is 12.6. The quantitative estimate of drug-likeness (QED) is 0.836. The Balaban J connectivity index is 1.50. The van der Waals surface area contributed by atoms with Gasteiger partial charge in [-0.2, -0.15) is 0 Å². The van der Waals surface area contributed by atoms with Crippen molar-refractivity contribution in [3.05, 3.63) is 0 Å². The number of nitrogens with one attached hydrogen (secondary N) is 1. The summed E-state index contributed by atoms with van der Waals surface area (Å²) in [6, 6.07) is 0. The largest absolute Gasteiger partial charge is 0.384 e. The fraction of sp³-hybridized carbons (Fsp3) is 0.933. The first-order valence-electron chi connectivity index (χ1n) is 7.74. The first kappa shape index (κ1) is 13.4. The van der Waals surface area contributed by atoms with Crippen molar-refractivity contribution in [3.8, 4) is 0 Å². The van der Waals surface area contributed by atoms with Gasteiger partial charge < -0.3 is 15.0 Å². The maximum Gasteiger partial charge on any atom is 0.226 e. The minimum atomic E-state index is 0.341. The number of ether oxygens (including phenoxy) is 1. The van der Waals surface area contributed by atoms with Crippen LogP contribution in [0, 0.1) is 17.3 Å². The molecule has 0 aromatic rings. The van der Waals surface area contributed by atoms with E-state index in [0.717, 1.165) is 52.0 Å². The summed E-state index contributed by atoms with van der Waals surface area (Å²) in [5.74, 6) is 1.44. The van der Waals surface area contributed by atoms with Crippen LogP contribution >= 0.6 is 0 Å². The predicted molar refractivity (Wildman–Crippen MR) is 73.8 cm³/mol. The molecule has 2 heterocycles. The second kappa shape index (κ2) is 5.41. The first-order valence-corrected chi connectivity index (χ1v) is 7.74. The van der Waals surface area contributed by atoms with Crippen LogP contribution in [0.1, 0.15) is 32.1 Å². The first-order chi connectivity index (χ1) is 9.25. The van der Waals surface area contributed by atoms with Crippen LogP contribution in [0.25, 0.3) is 0 Å². The topological polar surface area (TPSA) is 41.6 Å². The Kier molecular flexibility index (Phi) is 3.81. The number of hydrogen-bond donors (Lipinski definition) is 1. The molecule has 3 fully saturated rings. The summed E-state index contributed by atoms with van der Waals surface area (Å²) in [6.45, 7) is 4.93. The third kappa shape index (κ3) is 2.65. The molecule has 1 N–H and O–H groups in total. The lowest BCUT2D eigenvalue weighted by molar-refractivity contribution is -0.135. The van der Waals surface area contributed by atoms with Crippen molar-refractivity contribution in [3.63, 3.8) is 0 Å². The zero-order valence-corrected chi connectivity index (χ0v) is 12.0. The zero-order valence-electron chi connectivity index (χ0n) is 12.0. The highest BCUT2D eigenvalue weighted by Gasteiger charge is 2.58. The molecule has 3 rings (SSSR count). The molecule has 4 heteroatoms. The highest BCUT2D eigenvalue weighted by atomic mass is 16.5. The minimum absolute atomic E-state index is 0.341. The van der Waals surface area contributed by atoms with Crippen molar-refractivity contribution < 1.29 is 9.53 Å². The van der Waals surface area contributed by atoms with Gasteiger partial charge in [-0.3, -0.25) is 4.79 Å². The Labute approximate surface area is 115 Å². The predicted octanol–water partition coefficient (Wildman–Crippen LogP) is 1.26. The number of piperidine rings is 2. The summed E-state index contributed by atoms with van der Waals surface area (Å²) in [4.78, 5) is 14.7. The summed E-state index contributed by atoms with van der Waals surface area (Å²) >= 11 is 0. The normalized spacial score (nSPS) is 30.6. The zero-order chi connectivity index (χ0) is 13.3. The molecule has 1 atom stereocenters. The molecule has 0 aromatic heterocycles. The molecule has 1 unspecified atom stereocenters. The molecule has 2 saturated heterocycles. The van der Waals surface area contributed by atoms with Gasteiger partial charge in [-0.05, 0) is 56.5 Å². The number of likely N-dealkylation sites (tertiary alicyclic amines) is 1. The molecule has 108 valence electrons. The monoisotopic (exact) mass is 266 g/mol. The van der Waals surface area contributed by atoms with Crippen LogP contribution in [-0.4, -0.2) is 50.7 Å². The number of hydrogen-bond acceptors (Lipinski definition) is 3. The Hall–Kier alpha value is -0.610. The van der Waals surface area contributed by atoms with E-state index in [1.165, 1.54) is 12.8 Å². The van der Waals surface area contributed by atoms with E-state index in [2.05, 4.69) is 10.2 Å². The number of rotatable bonds is 3. The van der Waals surface area contributed by atoms with E-state index in [1.54, 1.807) is 7.11 Å². The second-order valence-electron chi connectivity index (χ2n) is 6.59. The molecule has 19 heavy (non-hydrogen) atoms.